The lowest BCUT2D eigenvalue weighted by Crippen LogP contribution is -2.04. The van der Waals surface area contributed by atoms with Crippen molar-refractivity contribution >= 4 is 17.8 Å². The molecule has 1 N–H and O–H groups in total. The third kappa shape index (κ3) is 4.32. The summed E-state index contributed by atoms with van der Waals surface area (Å²) >= 11 is 0. The van der Waals surface area contributed by atoms with Crippen molar-refractivity contribution in [3.63, 3.8) is 0 Å². The number of carbonyl (C=O) groups excluding carboxylic acids is 1. The van der Waals surface area contributed by atoms with Crippen LogP contribution in [0.4, 0.5) is 0 Å². The molecule has 1 aromatic heterocycles. The molecule has 0 saturated heterocycles. The Morgan fingerprint density at radius 1 is 1.33 bits per heavy atom. The van der Waals surface area contributed by atoms with Crippen molar-refractivity contribution in [2.75, 3.05) is 6.61 Å². The summed E-state index contributed by atoms with van der Waals surface area (Å²) in [6.07, 6.45) is 3.16. The molecule has 1 heterocycles. The fourth-order valence-electron chi connectivity index (χ4n) is 2.35. The van der Waals surface area contributed by atoms with E-state index in [1.807, 2.05) is 19.9 Å². The number of aryl methyl sites for hydroxylation is 2. The van der Waals surface area contributed by atoms with Gasteiger partial charge >= 0.3 is 5.97 Å². The molecule has 6 nitrogen and oxygen atoms in total. The van der Waals surface area contributed by atoms with Gasteiger partial charge in [-0.05, 0) is 37.6 Å². The van der Waals surface area contributed by atoms with Gasteiger partial charge in [0.15, 0.2) is 5.78 Å². The van der Waals surface area contributed by atoms with Gasteiger partial charge in [0.1, 0.15) is 5.75 Å². The van der Waals surface area contributed by atoms with E-state index in [4.69, 9.17) is 9.84 Å². The van der Waals surface area contributed by atoms with Gasteiger partial charge in [-0.1, -0.05) is 18.2 Å². The van der Waals surface area contributed by atoms with E-state index >= 15 is 0 Å². The molecule has 126 valence electrons. The normalized spacial score (nSPS) is 11.0. The Labute approximate surface area is 140 Å². The number of ether oxygens (including phenoxy) is 1. The molecule has 0 spiro atoms. The zero-order chi connectivity index (χ0) is 17.7. The zero-order valence-corrected chi connectivity index (χ0v) is 13.9. The molecule has 6 heteroatoms. The number of allylic oxidation sites excluding steroid dienone is 1. The maximum Gasteiger partial charge on any atom is 0.306 e. The van der Waals surface area contributed by atoms with Crippen molar-refractivity contribution in [3.05, 3.63) is 52.9 Å². The monoisotopic (exact) mass is 328 g/mol. The van der Waals surface area contributed by atoms with Crippen molar-refractivity contribution in [3.8, 4) is 5.75 Å². The molecule has 0 atom stereocenters. The van der Waals surface area contributed by atoms with Crippen LogP contribution in [0, 0.1) is 13.8 Å². The maximum absolute atomic E-state index is 12.4. The van der Waals surface area contributed by atoms with E-state index in [1.165, 1.54) is 6.08 Å². The van der Waals surface area contributed by atoms with Crippen LogP contribution in [0.15, 0.2) is 30.3 Å². The van der Waals surface area contributed by atoms with Gasteiger partial charge in [0.2, 0.25) is 0 Å². The van der Waals surface area contributed by atoms with Crippen molar-refractivity contribution in [2.45, 2.75) is 20.3 Å². The van der Waals surface area contributed by atoms with Gasteiger partial charge in [-0.2, -0.15) is 5.10 Å². The first kappa shape index (κ1) is 17.5. The van der Waals surface area contributed by atoms with Crippen LogP contribution in [0.2, 0.25) is 0 Å². The number of rotatable bonds is 7. The number of aliphatic carboxylic acids is 1. The number of nitrogens with zero attached hydrogens (tertiary/aromatic N) is 2. The maximum atomic E-state index is 12.4. The lowest BCUT2D eigenvalue weighted by Gasteiger charge is -2.05. The Balaban J connectivity index is 2.08. The van der Waals surface area contributed by atoms with Crippen LogP contribution < -0.4 is 4.74 Å². The van der Waals surface area contributed by atoms with E-state index in [9.17, 15) is 9.59 Å². The van der Waals surface area contributed by atoms with Crippen LogP contribution in [0.3, 0.4) is 0 Å². The van der Waals surface area contributed by atoms with Crippen LogP contribution in [0.1, 0.15) is 33.7 Å². The summed E-state index contributed by atoms with van der Waals surface area (Å²) in [6.45, 7) is 3.78. The summed E-state index contributed by atoms with van der Waals surface area (Å²) in [5.74, 6) is -0.436. The van der Waals surface area contributed by atoms with Gasteiger partial charge in [0.05, 0.1) is 24.3 Å². The van der Waals surface area contributed by atoms with E-state index in [0.717, 1.165) is 11.3 Å². The van der Waals surface area contributed by atoms with E-state index in [0.29, 0.717) is 17.0 Å². The van der Waals surface area contributed by atoms with Crippen molar-refractivity contribution in [1.82, 2.24) is 9.78 Å². The fraction of sp³-hybridized carbons (Fsp3) is 0.278. The average Bonchev–Trinajstić information content (AvgIpc) is 2.78. The van der Waals surface area contributed by atoms with E-state index in [-0.39, 0.29) is 18.8 Å². The quantitative estimate of drug-likeness (QED) is 0.624. The first-order chi connectivity index (χ1) is 11.4. The molecule has 1 aromatic carbocycles. The second-order valence-electron chi connectivity index (χ2n) is 5.43. The molecule has 2 rings (SSSR count). The van der Waals surface area contributed by atoms with Crippen molar-refractivity contribution in [2.24, 2.45) is 7.05 Å². The zero-order valence-electron chi connectivity index (χ0n) is 13.9. The van der Waals surface area contributed by atoms with Crippen LogP contribution in [-0.2, 0) is 11.8 Å². The number of aromatic nitrogens is 2. The largest absolute Gasteiger partial charge is 0.493 e. The van der Waals surface area contributed by atoms with Crippen molar-refractivity contribution in [1.29, 1.82) is 0 Å². The molecular weight excluding hydrogens is 308 g/mol. The molecule has 0 bridgehead atoms. The standard InChI is InChI=1S/C18H20N2O4/c1-12-18(13(2)20(3)19-12)16(21)8-7-14-5-4-6-15(11-14)24-10-9-17(22)23/h4-8,11H,9-10H2,1-3H3,(H,22,23)/b8-7-. The first-order valence-corrected chi connectivity index (χ1v) is 7.55. The van der Waals surface area contributed by atoms with Crippen LogP contribution in [-0.4, -0.2) is 33.2 Å². The average molecular weight is 328 g/mol. The number of hydrogen-bond donors (Lipinski definition) is 1. The second kappa shape index (κ2) is 7.59. The molecule has 0 radical (unpaired) electrons. The Hall–Kier alpha value is -2.89. The summed E-state index contributed by atoms with van der Waals surface area (Å²) < 4.78 is 7.07. The first-order valence-electron chi connectivity index (χ1n) is 7.55. The second-order valence-corrected chi connectivity index (χ2v) is 5.43. The topological polar surface area (TPSA) is 81.4 Å². The van der Waals surface area contributed by atoms with Gasteiger partial charge in [0, 0.05) is 12.7 Å². The molecule has 0 saturated carbocycles. The summed E-state index contributed by atoms with van der Waals surface area (Å²) in [5, 5.41) is 12.9. The van der Waals surface area contributed by atoms with Gasteiger partial charge in [0.25, 0.3) is 0 Å². The van der Waals surface area contributed by atoms with Gasteiger partial charge in [-0.15, -0.1) is 0 Å². The minimum atomic E-state index is -0.904. The predicted octanol–water partition coefficient (Wildman–Crippen LogP) is 2.79. The number of carbonyl (C=O) groups is 2. The minimum absolute atomic E-state index is 0.0574. The van der Waals surface area contributed by atoms with E-state index < -0.39 is 5.97 Å². The SMILES string of the molecule is Cc1nn(C)c(C)c1C(=O)/C=C\c1cccc(OCCC(=O)O)c1. The summed E-state index contributed by atoms with van der Waals surface area (Å²) in [4.78, 5) is 22.9. The molecule has 0 amide bonds. The highest BCUT2D eigenvalue weighted by molar-refractivity contribution is 6.08. The summed E-state index contributed by atoms with van der Waals surface area (Å²) in [7, 11) is 1.81. The molecular formula is C18H20N2O4. The van der Waals surface area contributed by atoms with Crippen LogP contribution in [0.5, 0.6) is 5.75 Å². The Bertz CT molecular complexity index is 790. The number of carboxylic acid groups (broad SMARTS) is 1. The Morgan fingerprint density at radius 2 is 2.08 bits per heavy atom. The van der Waals surface area contributed by atoms with E-state index in [1.54, 1.807) is 36.0 Å². The lowest BCUT2D eigenvalue weighted by molar-refractivity contribution is -0.137. The van der Waals surface area contributed by atoms with Gasteiger partial charge < -0.3 is 9.84 Å². The number of hydrogen-bond acceptors (Lipinski definition) is 4. The molecule has 2 aromatic rings. The van der Waals surface area contributed by atoms with Crippen molar-refractivity contribution < 1.29 is 19.4 Å². The highest BCUT2D eigenvalue weighted by atomic mass is 16.5. The van der Waals surface area contributed by atoms with Crippen LogP contribution >= 0.6 is 0 Å². The molecule has 0 aliphatic heterocycles. The highest BCUT2D eigenvalue weighted by Gasteiger charge is 2.14. The summed E-state index contributed by atoms with van der Waals surface area (Å²) in [6, 6.07) is 7.14. The Morgan fingerprint density at radius 3 is 2.71 bits per heavy atom. The molecule has 0 aliphatic rings. The third-order valence-corrected chi connectivity index (χ3v) is 3.63. The molecule has 0 fully saturated rings. The lowest BCUT2D eigenvalue weighted by atomic mass is 10.1. The smallest absolute Gasteiger partial charge is 0.306 e. The highest BCUT2D eigenvalue weighted by Crippen LogP contribution is 2.17. The predicted molar refractivity (Wildman–Crippen MR) is 90.2 cm³/mol. The Kier molecular flexibility index (Phi) is 5.52. The molecule has 0 aliphatic carbocycles. The van der Waals surface area contributed by atoms with Gasteiger partial charge in [-0.3, -0.25) is 14.3 Å². The minimum Gasteiger partial charge on any atom is -0.493 e. The fourth-order valence-corrected chi connectivity index (χ4v) is 2.35. The third-order valence-electron chi connectivity index (χ3n) is 3.63. The summed E-state index contributed by atoms with van der Waals surface area (Å²) in [5.41, 5.74) is 2.95. The molecule has 24 heavy (non-hydrogen) atoms. The number of carboxylic acids is 1. The number of benzene rings is 1. The van der Waals surface area contributed by atoms with Gasteiger partial charge in [-0.25, -0.2) is 0 Å². The molecule has 0 unspecified atom stereocenters. The van der Waals surface area contributed by atoms with Crippen LogP contribution in [0.25, 0.3) is 6.08 Å². The van der Waals surface area contributed by atoms with E-state index in [2.05, 4.69) is 5.10 Å². The number of ketones is 1.